The number of rotatable bonds is 3. The molecule has 0 saturated carbocycles. The minimum absolute atomic E-state index is 0.0427. The van der Waals surface area contributed by atoms with Crippen molar-refractivity contribution in [2.75, 3.05) is 0 Å². The van der Waals surface area contributed by atoms with Gasteiger partial charge in [-0.3, -0.25) is 18.7 Å². The van der Waals surface area contributed by atoms with Crippen LogP contribution in [-0.2, 0) is 4.79 Å². The highest BCUT2D eigenvalue weighted by Gasteiger charge is 2.20. The van der Waals surface area contributed by atoms with Crippen LogP contribution in [0.1, 0.15) is 18.1 Å². The quantitative estimate of drug-likeness (QED) is 0.315. The summed E-state index contributed by atoms with van der Waals surface area (Å²) in [4.78, 5) is 27.3. The number of hydrogen-bond donors (Lipinski definition) is 0. The number of nitrogens with zero attached hydrogens (tertiary/aromatic N) is 2. The third-order valence-corrected chi connectivity index (χ3v) is 7.84. The van der Waals surface area contributed by atoms with Crippen molar-refractivity contribution >= 4 is 45.3 Å². The van der Waals surface area contributed by atoms with Crippen molar-refractivity contribution in [3.8, 4) is 0 Å². The molecule has 4 aromatic rings. The lowest BCUT2D eigenvalue weighted by atomic mass is 10.1. The number of benzene rings is 2. The van der Waals surface area contributed by atoms with Gasteiger partial charge >= 0.3 is 0 Å². The molecule has 0 N–H and O–H groups in total. The van der Waals surface area contributed by atoms with E-state index < -0.39 is 0 Å². The highest BCUT2D eigenvalue weighted by Crippen LogP contribution is 2.23. The molecule has 192 valence electrons. The van der Waals surface area contributed by atoms with Crippen LogP contribution in [0.15, 0.2) is 133 Å². The standard InChI is InChI=1S/C36H26N2O2/c1-24(25-12-2-3-13-25)22-32(40)38-31-21-11-9-19-29(31)34(27-16-6-7-17-27)36(38)35-33(26-14-4-5-15-26)28-18-8-10-20-30(28)37(35)23-39/h2-21,23H,22H2,1H3/b36-35+. The summed E-state index contributed by atoms with van der Waals surface area (Å²) in [5.74, 6) is -0.0427. The summed E-state index contributed by atoms with van der Waals surface area (Å²) in [6.07, 6.45) is 25.4. The molecular weight excluding hydrogens is 492 g/mol. The molecule has 0 aliphatic heterocycles. The van der Waals surface area contributed by atoms with Crippen LogP contribution in [0, 0.1) is 10.7 Å². The molecule has 4 nitrogen and oxygen atoms in total. The summed E-state index contributed by atoms with van der Waals surface area (Å²) in [5, 5.41) is 5.27. The Balaban J connectivity index is 1.80. The Morgan fingerprint density at radius 2 is 1.18 bits per heavy atom. The molecule has 2 aromatic heterocycles. The number of allylic oxidation sites excluding steroid dienone is 14. The number of hydrogen-bond acceptors (Lipinski definition) is 2. The summed E-state index contributed by atoms with van der Waals surface area (Å²) in [6.45, 7) is 2.01. The van der Waals surface area contributed by atoms with Gasteiger partial charge < -0.3 is 0 Å². The minimum Gasteiger partial charge on any atom is -0.280 e. The van der Waals surface area contributed by atoms with E-state index in [1.54, 1.807) is 4.57 Å². The van der Waals surface area contributed by atoms with Crippen LogP contribution in [0.3, 0.4) is 0 Å². The van der Waals surface area contributed by atoms with E-state index in [0.29, 0.717) is 5.35 Å². The molecule has 40 heavy (non-hydrogen) atoms. The normalized spacial score (nSPS) is 16.1. The summed E-state index contributed by atoms with van der Waals surface area (Å²) in [6, 6.07) is 16.0. The maximum absolute atomic E-state index is 14.4. The van der Waals surface area contributed by atoms with E-state index in [1.807, 2.05) is 103 Å². The third-order valence-electron chi connectivity index (χ3n) is 7.84. The Labute approximate surface area is 230 Å². The first-order chi connectivity index (χ1) is 19.7. The fourth-order valence-corrected chi connectivity index (χ4v) is 6.06. The van der Waals surface area contributed by atoms with Crippen LogP contribution in [0.5, 0.6) is 0 Å². The van der Waals surface area contributed by atoms with Crippen LogP contribution in [0.25, 0.3) is 33.0 Å². The second-order valence-electron chi connectivity index (χ2n) is 10.2. The van der Waals surface area contributed by atoms with E-state index in [0.717, 1.165) is 66.3 Å². The second-order valence-corrected chi connectivity index (χ2v) is 10.2. The number of carbonyl (C=O) groups is 2. The SMILES string of the molecule is CC(CC(=O)n1/c(=c2\c(=C3C=CC=C3)c3ccccc3n2C=O)c(=C2C=CC=C2)c2ccccc21)=C1C=CC=C1. The Morgan fingerprint density at radius 1 is 0.675 bits per heavy atom. The summed E-state index contributed by atoms with van der Waals surface area (Å²) in [5.41, 5.74) is 5.70. The van der Waals surface area contributed by atoms with Crippen LogP contribution in [-0.4, -0.2) is 21.5 Å². The predicted octanol–water partition coefficient (Wildman–Crippen LogP) is 5.95. The van der Waals surface area contributed by atoms with Gasteiger partial charge in [-0.25, -0.2) is 0 Å². The number of carbonyl (C=O) groups excluding carboxylic acids is 2. The number of aromatic nitrogens is 2. The molecule has 0 radical (unpaired) electrons. The summed E-state index contributed by atoms with van der Waals surface area (Å²) in [7, 11) is 0. The first-order valence-electron chi connectivity index (χ1n) is 13.4. The lowest BCUT2D eigenvalue weighted by molar-refractivity contribution is 0.0916. The maximum atomic E-state index is 14.4. The zero-order valence-electron chi connectivity index (χ0n) is 22.0. The largest absolute Gasteiger partial charge is 0.280 e. The Morgan fingerprint density at radius 3 is 1.77 bits per heavy atom. The zero-order valence-corrected chi connectivity index (χ0v) is 22.0. The van der Waals surface area contributed by atoms with Gasteiger partial charge in [-0.05, 0) is 35.8 Å². The fourth-order valence-electron chi connectivity index (χ4n) is 6.06. The van der Waals surface area contributed by atoms with E-state index in [4.69, 9.17) is 0 Å². The van der Waals surface area contributed by atoms with Crippen LogP contribution >= 0.6 is 0 Å². The Hall–Kier alpha value is -5.22. The van der Waals surface area contributed by atoms with Crippen molar-refractivity contribution in [2.45, 2.75) is 13.3 Å². The Kier molecular flexibility index (Phi) is 5.67. The van der Waals surface area contributed by atoms with E-state index in [1.165, 1.54) is 0 Å². The molecule has 0 unspecified atom stereocenters. The van der Waals surface area contributed by atoms with Gasteiger partial charge in [0, 0.05) is 27.6 Å². The Bertz CT molecular complexity index is 2180. The number of para-hydroxylation sites is 2. The lowest BCUT2D eigenvalue weighted by Crippen LogP contribution is -2.20. The molecule has 4 heteroatoms. The summed E-state index contributed by atoms with van der Waals surface area (Å²) >= 11 is 0. The monoisotopic (exact) mass is 518 g/mol. The number of fused-ring (bicyclic) bond motifs is 2. The first-order valence-corrected chi connectivity index (χ1v) is 13.4. The van der Waals surface area contributed by atoms with Gasteiger partial charge in [0.1, 0.15) is 0 Å². The molecule has 2 heterocycles. The molecule has 0 saturated heterocycles. The van der Waals surface area contributed by atoms with Gasteiger partial charge in [-0.15, -0.1) is 0 Å². The van der Waals surface area contributed by atoms with Crippen molar-refractivity contribution in [3.05, 3.63) is 154 Å². The van der Waals surface area contributed by atoms with Gasteiger partial charge in [0.15, 0.2) is 0 Å². The van der Waals surface area contributed by atoms with Crippen molar-refractivity contribution in [1.29, 1.82) is 0 Å². The molecule has 7 rings (SSSR count). The molecule has 0 amide bonds. The van der Waals surface area contributed by atoms with Crippen molar-refractivity contribution in [1.82, 2.24) is 9.13 Å². The molecule has 0 atom stereocenters. The molecule has 0 fully saturated rings. The summed E-state index contributed by atoms with van der Waals surface area (Å²) < 4.78 is 3.54. The van der Waals surface area contributed by atoms with E-state index in [-0.39, 0.29) is 12.3 Å². The van der Waals surface area contributed by atoms with Gasteiger partial charge in [0.05, 0.1) is 21.7 Å². The molecular formula is C36H26N2O2. The zero-order chi connectivity index (χ0) is 27.2. The highest BCUT2D eigenvalue weighted by atomic mass is 16.2. The minimum atomic E-state index is -0.0427. The second kappa shape index (κ2) is 9.51. The average molecular weight is 519 g/mol. The van der Waals surface area contributed by atoms with Gasteiger partial charge in [-0.1, -0.05) is 115 Å². The van der Waals surface area contributed by atoms with Crippen molar-refractivity contribution in [2.24, 2.45) is 0 Å². The van der Waals surface area contributed by atoms with E-state index in [9.17, 15) is 9.59 Å². The predicted molar refractivity (Wildman–Crippen MR) is 163 cm³/mol. The third kappa shape index (κ3) is 3.61. The first kappa shape index (κ1) is 23.9. The van der Waals surface area contributed by atoms with E-state index in [2.05, 4.69) is 30.4 Å². The highest BCUT2D eigenvalue weighted by molar-refractivity contribution is 5.97. The van der Waals surface area contributed by atoms with Crippen molar-refractivity contribution in [3.63, 3.8) is 0 Å². The molecule has 3 aliphatic rings. The molecule has 3 aliphatic carbocycles. The topological polar surface area (TPSA) is 44.0 Å². The van der Waals surface area contributed by atoms with E-state index >= 15 is 0 Å². The average Bonchev–Trinajstić information content (AvgIpc) is 3.81. The van der Waals surface area contributed by atoms with Crippen LogP contribution in [0.4, 0.5) is 0 Å². The van der Waals surface area contributed by atoms with Crippen LogP contribution in [0.2, 0.25) is 0 Å². The van der Waals surface area contributed by atoms with Crippen LogP contribution < -0.4 is 10.4 Å². The fraction of sp³-hybridized carbons (Fsp3) is 0.0556. The molecule has 0 bridgehead atoms. The van der Waals surface area contributed by atoms with Crippen molar-refractivity contribution < 1.29 is 9.59 Å². The lowest BCUT2D eigenvalue weighted by Gasteiger charge is -2.08. The molecule has 0 spiro atoms. The maximum Gasteiger partial charge on any atom is 0.235 e. The smallest absolute Gasteiger partial charge is 0.235 e. The van der Waals surface area contributed by atoms with Gasteiger partial charge in [0.2, 0.25) is 12.3 Å². The van der Waals surface area contributed by atoms with Gasteiger partial charge in [0.25, 0.3) is 0 Å². The van der Waals surface area contributed by atoms with Gasteiger partial charge in [-0.2, -0.15) is 0 Å². The molecule has 2 aromatic carbocycles.